The molecule has 2 aromatic carbocycles. The van der Waals surface area contributed by atoms with Crippen molar-refractivity contribution in [2.45, 2.75) is 6.92 Å². The Morgan fingerprint density at radius 1 is 1.08 bits per heavy atom. The summed E-state index contributed by atoms with van der Waals surface area (Å²) in [6.07, 6.45) is 1.53. The average Bonchev–Trinajstić information content (AvgIpc) is 3.51. The van der Waals surface area contributed by atoms with Crippen LogP contribution < -0.4 is 15.4 Å². The second-order valence-electron chi connectivity index (χ2n) is 7.75. The van der Waals surface area contributed by atoms with Gasteiger partial charge in [-0.15, -0.1) is 22.7 Å². The molecular weight excluding hydrogens is 494 g/mol. The number of nitrogens with zero attached hydrogens (tertiary/aromatic N) is 3. The number of benzene rings is 2. The van der Waals surface area contributed by atoms with Gasteiger partial charge in [-0.2, -0.15) is 0 Å². The van der Waals surface area contributed by atoms with Crippen molar-refractivity contribution < 1.29 is 14.3 Å². The summed E-state index contributed by atoms with van der Waals surface area (Å²) in [5, 5.41) is 6.06. The number of hydrogen-bond donors (Lipinski definition) is 2. The topological polar surface area (TPSA) is 98.3 Å². The van der Waals surface area contributed by atoms with E-state index in [4.69, 9.17) is 9.47 Å². The smallest absolute Gasteiger partial charge is 0.246 e. The Labute approximate surface area is 215 Å². The molecule has 0 aliphatic heterocycles. The van der Waals surface area contributed by atoms with E-state index in [1.54, 1.807) is 11.3 Å². The van der Waals surface area contributed by atoms with E-state index < -0.39 is 0 Å². The molecule has 0 fully saturated rings. The van der Waals surface area contributed by atoms with E-state index in [9.17, 15) is 4.79 Å². The Morgan fingerprint density at radius 3 is 2.86 bits per heavy atom. The van der Waals surface area contributed by atoms with E-state index in [1.807, 2.05) is 54.9 Å². The first-order valence-corrected chi connectivity index (χ1v) is 12.7. The lowest BCUT2D eigenvalue weighted by Gasteiger charge is -2.12. The highest BCUT2D eigenvalue weighted by Gasteiger charge is 2.10. The molecule has 0 atom stereocenters. The standard InChI is InChI=1S/C26H21N5O3S2/c1-16-10-17(5-7-22(16)34-18-6-8-23-20(11-18)30-15-35-23)31-26-25-21(28-14-29-26)12-19(36-25)4-3-9-27-24(32)13-33-2/h5-8,10-12,14-15H,9,13H2,1-2H3,(H,27,32)(H,28,29,31). The van der Waals surface area contributed by atoms with Crippen molar-refractivity contribution in [2.24, 2.45) is 0 Å². The van der Waals surface area contributed by atoms with Crippen LogP contribution >= 0.6 is 22.7 Å². The van der Waals surface area contributed by atoms with Gasteiger partial charge in [0.2, 0.25) is 5.91 Å². The number of thiazole rings is 1. The summed E-state index contributed by atoms with van der Waals surface area (Å²) in [6, 6.07) is 13.7. The largest absolute Gasteiger partial charge is 0.457 e. The Bertz CT molecular complexity index is 1620. The molecule has 0 bridgehead atoms. The van der Waals surface area contributed by atoms with Crippen molar-refractivity contribution in [3.8, 4) is 23.3 Å². The average molecular weight is 516 g/mol. The normalized spacial score (nSPS) is 10.7. The first-order chi connectivity index (χ1) is 17.6. The summed E-state index contributed by atoms with van der Waals surface area (Å²) in [7, 11) is 1.48. The van der Waals surface area contributed by atoms with Gasteiger partial charge in [-0.1, -0.05) is 11.8 Å². The SMILES string of the molecule is COCC(=O)NCC#Cc1cc2ncnc(Nc3ccc(Oc4ccc5scnc5c4)c(C)c3)c2s1. The number of anilines is 2. The lowest BCUT2D eigenvalue weighted by Crippen LogP contribution is -2.27. The lowest BCUT2D eigenvalue weighted by atomic mass is 10.2. The zero-order valence-electron chi connectivity index (χ0n) is 19.5. The molecule has 3 heterocycles. The number of amides is 1. The van der Waals surface area contributed by atoms with Crippen LogP contribution in [0.4, 0.5) is 11.5 Å². The number of aromatic nitrogens is 3. The molecule has 8 nitrogen and oxygen atoms in total. The number of ether oxygens (including phenoxy) is 2. The minimum Gasteiger partial charge on any atom is -0.457 e. The fraction of sp³-hybridized carbons (Fsp3) is 0.154. The van der Waals surface area contributed by atoms with E-state index in [0.717, 1.165) is 48.1 Å². The van der Waals surface area contributed by atoms with E-state index in [2.05, 4.69) is 37.4 Å². The number of nitrogens with one attached hydrogen (secondary N) is 2. The number of rotatable bonds is 7. The molecule has 0 radical (unpaired) electrons. The monoisotopic (exact) mass is 515 g/mol. The highest BCUT2D eigenvalue weighted by molar-refractivity contribution is 7.20. The van der Waals surface area contributed by atoms with Gasteiger partial charge in [0.05, 0.1) is 37.4 Å². The van der Waals surface area contributed by atoms with Crippen LogP contribution in [-0.4, -0.2) is 41.1 Å². The number of thiophene rings is 1. The fourth-order valence-electron chi connectivity index (χ4n) is 3.47. The molecular formula is C26H21N5O3S2. The van der Waals surface area contributed by atoms with E-state index in [0.29, 0.717) is 5.82 Å². The number of methoxy groups -OCH3 is 1. The van der Waals surface area contributed by atoms with Crippen molar-refractivity contribution in [1.82, 2.24) is 20.3 Å². The molecule has 10 heteroatoms. The van der Waals surface area contributed by atoms with Crippen molar-refractivity contribution in [1.29, 1.82) is 0 Å². The second-order valence-corrected chi connectivity index (χ2v) is 9.69. The quantitative estimate of drug-likeness (QED) is 0.285. The Kier molecular flexibility index (Phi) is 7.04. The molecule has 0 aliphatic carbocycles. The van der Waals surface area contributed by atoms with Gasteiger partial charge in [0, 0.05) is 18.9 Å². The third kappa shape index (κ3) is 5.44. The summed E-state index contributed by atoms with van der Waals surface area (Å²) in [5.74, 6) is 8.04. The van der Waals surface area contributed by atoms with Crippen LogP contribution in [0.2, 0.25) is 0 Å². The summed E-state index contributed by atoms with van der Waals surface area (Å²) in [4.78, 5) is 25.4. The highest BCUT2D eigenvalue weighted by Crippen LogP contribution is 2.33. The van der Waals surface area contributed by atoms with Crippen LogP contribution in [0.3, 0.4) is 0 Å². The maximum atomic E-state index is 11.4. The molecule has 5 rings (SSSR count). The summed E-state index contributed by atoms with van der Waals surface area (Å²) < 4.78 is 12.9. The predicted octanol–water partition coefficient (Wildman–Crippen LogP) is 5.26. The third-order valence-corrected chi connectivity index (χ3v) is 7.00. The molecule has 0 spiro atoms. The van der Waals surface area contributed by atoms with Gasteiger partial charge in [0.15, 0.2) is 5.82 Å². The van der Waals surface area contributed by atoms with Crippen LogP contribution in [-0.2, 0) is 9.53 Å². The molecule has 0 unspecified atom stereocenters. The van der Waals surface area contributed by atoms with E-state index in [-0.39, 0.29) is 19.1 Å². The van der Waals surface area contributed by atoms with Crippen LogP contribution in [0.5, 0.6) is 11.5 Å². The number of carbonyl (C=O) groups excluding carboxylic acids is 1. The molecule has 0 aliphatic rings. The predicted molar refractivity (Wildman–Crippen MR) is 143 cm³/mol. The number of carbonyl (C=O) groups is 1. The van der Waals surface area contributed by atoms with Crippen molar-refractivity contribution in [3.05, 3.63) is 64.7 Å². The number of aryl methyl sites for hydroxylation is 1. The third-order valence-electron chi connectivity index (χ3n) is 5.14. The van der Waals surface area contributed by atoms with Crippen LogP contribution in [0, 0.1) is 18.8 Å². The highest BCUT2D eigenvalue weighted by atomic mass is 32.1. The Morgan fingerprint density at radius 2 is 2.00 bits per heavy atom. The maximum Gasteiger partial charge on any atom is 0.246 e. The van der Waals surface area contributed by atoms with Crippen LogP contribution in [0.25, 0.3) is 20.4 Å². The minimum atomic E-state index is -0.201. The van der Waals surface area contributed by atoms with E-state index >= 15 is 0 Å². The van der Waals surface area contributed by atoms with E-state index in [1.165, 1.54) is 24.8 Å². The fourth-order valence-corrected chi connectivity index (χ4v) is 5.06. The first kappa shape index (κ1) is 23.7. The van der Waals surface area contributed by atoms with Gasteiger partial charge in [0.25, 0.3) is 0 Å². The van der Waals surface area contributed by atoms with Gasteiger partial charge < -0.3 is 20.1 Å². The van der Waals surface area contributed by atoms with Crippen molar-refractivity contribution >= 4 is 60.5 Å². The Hall–Kier alpha value is -4.04. The number of hydrogen-bond acceptors (Lipinski definition) is 9. The summed E-state index contributed by atoms with van der Waals surface area (Å²) in [6.45, 7) is 2.27. The van der Waals surface area contributed by atoms with Gasteiger partial charge in [-0.25, -0.2) is 15.0 Å². The van der Waals surface area contributed by atoms with Gasteiger partial charge in [0.1, 0.15) is 24.4 Å². The zero-order valence-corrected chi connectivity index (χ0v) is 21.1. The molecule has 0 saturated carbocycles. The molecule has 1 amide bonds. The molecule has 3 aromatic heterocycles. The molecule has 180 valence electrons. The van der Waals surface area contributed by atoms with Gasteiger partial charge in [-0.3, -0.25) is 4.79 Å². The molecule has 0 saturated heterocycles. The minimum absolute atomic E-state index is 0.0180. The van der Waals surface area contributed by atoms with Crippen molar-refractivity contribution in [2.75, 3.05) is 25.6 Å². The summed E-state index contributed by atoms with van der Waals surface area (Å²) in [5.41, 5.74) is 5.43. The molecule has 5 aromatic rings. The molecule has 36 heavy (non-hydrogen) atoms. The summed E-state index contributed by atoms with van der Waals surface area (Å²) >= 11 is 3.10. The first-order valence-electron chi connectivity index (χ1n) is 11.0. The van der Waals surface area contributed by atoms with Crippen LogP contribution in [0.1, 0.15) is 10.4 Å². The molecule has 2 N–H and O–H groups in total. The second kappa shape index (κ2) is 10.7. The van der Waals surface area contributed by atoms with Gasteiger partial charge in [-0.05, 0) is 48.9 Å². The Balaban J connectivity index is 1.30. The van der Waals surface area contributed by atoms with Crippen LogP contribution in [0.15, 0.2) is 54.3 Å². The van der Waals surface area contributed by atoms with Crippen molar-refractivity contribution in [3.63, 3.8) is 0 Å². The lowest BCUT2D eigenvalue weighted by molar-refractivity contribution is -0.124. The van der Waals surface area contributed by atoms with Gasteiger partial charge >= 0.3 is 0 Å². The number of fused-ring (bicyclic) bond motifs is 2. The zero-order chi connectivity index (χ0) is 24.9. The maximum absolute atomic E-state index is 11.4.